The van der Waals surface area contributed by atoms with Gasteiger partial charge in [0.25, 0.3) is 0 Å². The molecule has 0 bridgehead atoms. The lowest BCUT2D eigenvalue weighted by atomic mass is 9.71. The first-order valence-corrected chi connectivity index (χ1v) is 7.06. The fraction of sp³-hybridized carbons (Fsp3) is 0.562. The second-order valence-electron chi connectivity index (χ2n) is 6.71. The van der Waals surface area contributed by atoms with Crippen LogP contribution in [0.2, 0.25) is 0 Å². The first kappa shape index (κ1) is 14.7. The van der Waals surface area contributed by atoms with Crippen molar-refractivity contribution in [3.8, 4) is 5.75 Å². The number of anilines is 1. The summed E-state index contributed by atoms with van der Waals surface area (Å²) in [6.07, 6.45) is 2.81. The molecule has 0 amide bonds. The first-order valence-electron chi connectivity index (χ1n) is 7.06. The second kappa shape index (κ2) is 5.35. The van der Waals surface area contributed by atoms with Crippen LogP contribution in [0.15, 0.2) is 18.2 Å². The highest BCUT2D eigenvalue weighted by Gasteiger charge is 2.34. The SMILES string of the molecule is CC1CC(OC(=O)c2cc(O)ccc2N)CC(C)(C)C1. The van der Waals surface area contributed by atoms with Gasteiger partial charge in [-0.25, -0.2) is 4.79 Å². The van der Waals surface area contributed by atoms with Crippen molar-refractivity contribution in [2.24, 2.45) is 11.3 Å². The molecule has 20 heavy (non-hydrogen) atoms. The number of hydrogen-bond donors (Lipinski definition) is 2. The van der Waals surface area contributed by atoms with E-state index in [9.17, 15) is 9.90 Å². The fourth-order valence-corrected chi connectivity index (χ4v) is 3.28. The van der Waals surface area contributed by atoms with E-state index in [2.05, 4.69) is 20.8 Å². The summed E-state index contributed by atoms with van der Waals surface area (Å²) in [5, 5.41) is 9.45. The molecule has 0 aliphatic heterocycles. The van der Waals surface area contributed by atoms with E-state index in [-0.39, 0.29) is 22.8 Å². The Labute approximate surface area is 119 Å². The Morgan fingerprint density at radius 2 is 2.10 bits per heavy atom. The third kappa shape index (κ3) is 3.44. The van der Waals surface area contributed by atoms with Gasteiger partial charge in [0.2, 0.25) is 0 Å². The van der Waals surface area contributed by atoms with Crippen LogP contribution in [-0.2, 0) is 4.74 Å². The van der Waals surface area contributed by atoms with Gasteiger partial charge in [-0.15, -0.1) is 0 Å². The van der Waals surface area contributed by atoms with Gasteiger partial charge in [-0.2, -0.15) is 0 Å². The highest BCUT2D eigenvalue weighted by molar-refractivity contribution is 5.95. The van der Waals surface area contributed by atoms with E-state index in [0.717, 1.165) is 19.3 Å². The van der Waals surface area contributed by atoms with Gasteiger partial charge in [0, 0.05) is 5.69 Å². The molecule has 2 atom stereocenters. The zero-order valence-electron chi connectivity index (χ0n) is 12.3. The maximum Gasteiger partial charge on any atom is 0.340 e. The molecule has 0 heterocycles. The third-order valence-electron chi connectivity index (χ3n) is 3.88. The van der Waals surface area contributed by atoms with Crippen molar-refractivity contribution in [1.29, 1.82) is 0 Å². The standard InChI is InChI=1S/C16H23NO3/c1-10-6-12(9-16(2,3)8-10)20-15(19)13-7-11(18)4-5-14(13)17/h4-5,7,10,12,18H,6,8-9,17H2,1-3H3. The van der Waals surface area contributed by atoms with Crippen LogP contribution in [0.3, 0.4) is 0 Å². The number of ether oxygens (including phenoxy) is 1. The maximum atomic E-state index is 12.2. The van der Waals surface area contributed by atoms with Crippen molar-refractivity contribution in [2.45, 2.75) is 46.1 Å². The van der Waals surface area contributed by atoms with E-state index in [0.29, 0.717) is 11.6 Å². The number of benzene rings is 1. The number of esters is 1. The van der Waals surface area contributed by atoms with Crippen molar-refractivity contribution in [3.63, 3.8) is 0 Å². The molecule has 3 N–H and O–H groups in total. The van der Waals surface area contributed by atoms with Crippen LogP contribution in [0, 0.1) is 11.3 Å². The molecule has 2 rings (SSSR count). The Kier molecular flexibility index (Phi) is 3.93. The quantitative estimate of drug-likeness (QED) is 0.494. The molecule has 0 radical (unpaired) electrons. The van der Waals surface area contributed by atoms with Gasteiger partial charge in [-0.05, 0) is 48.8 Å². The van der Waals surface area contributed by atoms with Gasteiger partial charge in [0.15, 0.2) is 0 Å². The molecule has 0 spiro atoms. The van der Waals surface area contributed by atoms with Crippen molar-refractivity contribution >= 4 is 11.7 Å². The molecule has 0 aromatic heterocycles. The third-order valence-corrected chi connectivity index (χ3v) is 3.88. The summed E-state index contributed by atoms with van der Waals surface area (Å²) in [5.41, 5.74) is 6.52. The van der Waals surface area contributed by atoms with E-state index < -0.39 is 5.97 Å². The molecular formula is C16H23NO3. The lowest BCUT2D eigenvalue weighted by Gasteiger charge is -2.38. The number of phenols is 1. The molecule has 110 valence electrons. The van der Waals surface area contributed by atoms with E-state index in [1.54, 1.807) is 0 Å². The summed E-state index contributed by atoms with van der Waals surface area (Å²) in [6.45, 7) is 6.59. The predicted octanol–water partition coefficient (Wildman–Crippen LogP) is 3.35. The number of phenolic OH excluding ortho intramolecular Hbond substituents is 1. The smallest absolute Gasteiger partial charge is 0.340 e. The van der Waals surface area contributed by atoms with Crippen LogP contribution >= 0.6 is 0 Å². The van der Waals surface area contributed by atoms with Crippen molar-refractivity contribution in [3.05, 3.63) is 23.8 Å². The average Bonchev–Trinajstić information content (AvgIpc) is 2.29. The maximum absolute atomic E-state index is 12.2. The van der Waals surface area contributed by atoms with Crippen LogP contribution in [0.1, 0.15) is 50.4 Å². The Balaban J connectivity index is 2.09. The predicted molar refractivity (Wildman–Crippen MR) is 78.5 cm³/mol. The summed E-state index contributed by atoms with van der Waals surface area (Å²) in [6, 6.07) is 4.33. The van der Waals surface area contributed by atoms with E-state index in [1.165, 1.54) is 18.2 Å². The van der Waals surface area contributed by atoms with Crippen molar-refractivity contribution < 1.29 is 14.6 Å². The van der Waals surface area contributed by atoms with Crippen LogP contribution in [0.5, 0.6) is 5.75 Å². The minimum absolute atomic E-state index is 0.0171. The van der Waals surface area contributed by atoms with Crippen LogP contribution in [0.4, 0.5) is 5.69 Å². The van der Waals surface area contributed by atoms with E-state index >= 15 is 0 Å². The molecule has 1 aliphatic carbocycles. The highest BCUT2D eigenvalue weighted by Crippen LogP contribution is 2.40. The Hall–Kier alpha value is -1.71. The molecule has 4 heteroatoms. The van der Waals surface area contributed by atoms with Gasteiger partial charge < -0.3 is 15.6 Å². The minimum Gasteiger partial charge on any atom is -0.508 e. The van der Waals surface area contributed by atoms with Gasteiger partial charge in [0.05, 0.1) is 5.56 Å². The Morgan fingerprint density at radius 3 is 2.75 bits per heavy atom. The van der Waals surface area contributed by atoms with Gasteiger partial charge in [-0.3, -0.25) is 0 Å². The van der Waals surface area contributed by atoms with Gasteiger partial charge in [0.1, 0.15) is 11.9 Å². The lowest BCUT2D eigenvalue weighted by molar-refractivity contribution is -0.00707. The number of rotatable bonds is 2. The number of carbonyl (C=O) groups is 1. The van der Waals surface area contributed by atoms with Crippen LogP contribution in [0.25, 0.3) is 0 Å². The highest BCUT2D eigenvalue weighted by atomic mass is 16.5. The fourth-order valence-electron chi connectivity index (χ4n) is 3.28. The molecule has 1 aromatic carbocycles. The zero-order valence-corrected chi connectivity index (χ0v) is 12.3. The lowest BCUT2D eigenvalue weighted by Crippen LogP contribution is -2.34. The Bertz CT molecular complexity index is 510. The number of nitrogens with two attached hydrogens (primary N) is 1. The second-order valence-corrected chi connectivity index (χ2v) is 6.71. The topological polar surface area (TPSA) is 72.5 Å². The molecule has 4 nitrogen and oxygen atoms in total. The molecular weight excluding hydrogens is 254 g/mol. The minimum atomic E-state index is -0.451. The monoisotopic (exact) mass is 277 g/mol. The van der Waals surface area contributed by atoms with Crippen LogP contribution in [-0.4, -0.2) is 17.2 Å². The first-order chi connectivity index (χ1) is 9.27. The molecule has 1 fully saturated rings. The number of aromatic hydroxyl groups is 1. The summed E-state index contributed by atoms with van der Waals surface area (Å²) >= 11 is 0. The zero-order chi connectivity index (χ0) is 14.9. The van der Waals surface area contributed by atoms with E-state index in [1.807, 2.05) is 0 Å². The van der Waals surface area contributed by atoms with Gasteiger partial charge in [-0.1, -0.05) is 20.8 Å². The molecule has 1 aliphatic rings. The Morgan fingerprint density at radius 1 is 1.40 bits per heavy atom. The van der Waals surface area contributed by atoms with Gasteiger partial charge >= 0.3 is 5.97 Å². The summed E-state index contributed by atoms with van der Waals surface area (Å²) in [5.74, 6) is 0.106. The number of hydrogen-bond acceptors (Lipinski definition) is 4. The normalized spacial score (nSPS) is 25.1. The molecule has 0 saturated heterocycles. The molecule has 1 aromatic rings. The molecule has 2 unspecified atom stereocenters. The molecule has 1 saturated carbocycles. The average molecular weight is 277 g/mol. The summed E-state index contributed by atoms with van der Waals surface area (Å²) in [7, 11) is 0. The number of carbonyl (C=O) groups excluding carboxylic acids is 1. The van der Waals surface area contributed by atoms with Crippen molar-refractivity contribution in [1.82, 2.24) is 0 Å². The largest absolute Gasteiger partial charge is 0.508 e. The summed E-state index contributed by atoms with van der Waals surface area (Å²) < 4.78 is 5.59. The summed E-state index contributed by atoms with van der Waals surface area (Å²) in [4.78, 5) is 12.2. The van der Waals surface area contributed by atoms with Crippen molar-refractivity contribution in [2.75, 3.05) is 5.73 Å². The number of nitrogen functional groups attached to an aromatic ring is 1. The van der Waals surface area contributed by atoms with E-state index in [4.69, 9.17) is 10.5 Å². The van der Waals surface area contributed by atoms with Crippen LogP contribution < -0.4 is 5.73 Å².